The van der Waals surface area contributed by atoms with Crippen LogP contribution in [0.1, 0.15) is 27.0 Å². The molecule has 0 atom stereocenters. The first-order valence-corrected chi connectivity index (χ1v) is 12.4. The first-order valence-electron chi connectivity index (χ1n) is 12.4. The molecular weight excluding hydrogens is 511 g/mol. The molecular formula is C27H28F3N7O2. The van der Waals surface area contributed by atoms with E-state index in [-0.39, 0.29) is 17.7 Å². The van der Waals surface area contributed by atoms with Crippen molar-refractivity contribution in [1.29, 1.82) is 0 Å². The Morgan fingerprint density at radius 2 is 1.82 bits per heavy atom. The number of likely N-dealkylation sites (N-methyl/N-ethyl adjacent to an activating group) is 1. The van der Waals surface area contributed by atoms with E-state index in [1.54, 1.807) is 36.1 Å². The van der Waals surface area contributed by atoms with E-state index in [0.717, 1.165) is 24.7 Å². The largest absolute Gasteiger partial charge is 0.438 e. The summed E-state index contributed by atoms with van der Waals surface area (Å²) in [6.07, 6.45) is -1.62. The molecule has 0 spiro atoms. The predicted molar refractivity (Wildman–Crippen MR) is 140 cm³/mol. The van der Waals surface area contributed by atoms with Crippen molar-refractivity contribution in [2.45, 2.75) is 19.6 Å². The third-order valence-corrected chi connectivity index (χ3v) is 6.81. The lowest BCUT2D eigenvalue weighted by Crippen LogP contribution is -2.44. The highest BCUT2D eigenvalue weighted by Gasteiger charge is 2.34. The topological polar surface area (TPSA) is 88.4 Å². The number of nitrogens with zero attached hydrogens (tertiary/aromatic N) is 6. The number of nitrogens with one attached hydrogen (secondary N) is 1. The third-order valence-electron chi connectivity index (χ3n) is 6.81. The maximum Gasteiger partial charge on any atom is 0.416 e. The van der Waals surface area contributed by atoms with E-state index in [1.807, 2.05) is 18.9 Å². The number of piperazine rings is 1. The molecule has 1 N–H and O–H groups in total. The first-order chi connectivity index (χ1) is 18.6. The SMILES string of the molecule is Cc1ccc(NC(=O)c2ccc(CN3CCN(C)CC3)c(C(F)(F)F)c2)cc1Oc1ncnc2c1cnn2C. The monoisotopic (exact) mass is 539 g/mol. The second-order valence-electron chi connectivity index (χ2n) is 9.67. The zero-order valence-electron chi connectivity index (χ0n) is 21.8. The number of aromatic nitrogens is 4. The van der Waals surface area contributed by atoms with Crippen molar-refractivity contribution in [3.8, 4) is 11.6 Å². The van der Waals surface area contributed by atoms with Crippen molar-refractivity contribution in [2.24, 2.45) is 7.05 Å². The number of aryl methyl sites for hydroxylation is 2. The summed E-state index contributed by atoms with van der Waals surface area (Å²) in [5.74, 6) is 0.0683. The van der Waals surface area contributed by atoms with E-state index >= 15 is 0 Å². The molecule has 12 heteroatoms. The fourth-order valence-corrected chi connectivity index (χ4v) is 4.48. The summed E-state index contributed by atoms with van der Waals surface area (Å²) in [7, 11) is 3.74. The average Bonchev–Trinajstić information content (AvgIpc) is 3.28. The highest BCUT2D eigenvalue weighted by Crippen LogP contribution is 2.34. The minimum atomic E-state index is -4.59. The number of ether oxygens (including phenoxy) is 1. The molecule has 0 unspecified atom stereocenters. The summed E-state index contributed by atoms with van der Waals surface area (Å²) in [5, 5.41) is 7.47. The number of carbonyl (C=O) groups is 1. The lowest BCUT2D eigenvalue weighted by atomic mass is 10.0. The van der Waals surface area contributed by atoms with Crippen molar-refractivity contribution < 1.29 is 22.7 Å². The number of benzene rings is 2. The molecule has 0 aliphatic carbocycles. The molecule has 0 radical (unpaired) electrons. The van der Waals surface area contributed by atoms with Crippen molar-refractivity contribution in [3.05, 3.63) is 71.2 Å². The van der Waals surface area contributed by atoms with E-state index in [0.29, 0.717) is 41.4 Å². The molecule has 0 saturated carbocycles. The standard InChI is InChI=1S/C27H28F3N7O2/c1-17-4-7-20(13-23(17)39-26-21-14-33-36(3)24(21)31-16-32-26)34-25(38)18-5-6-19(22(12-18)27(28,29)30)15-37-10-8-35(2)9-11-37/h4-7,12-14,16H,8-11,15H2,1-3H3,(H,34,38). The van der Waals surface area contributed by atoms with E-state index in [9.17, 15) is 18.0 Å². The first kappa shape index (κ1) is 26.6. The Morgan fingerprint density at radius 3 is 2.56 bits per heavy atom. The van der Waals surface area contributed by atoms with Gasteiger partial charge in [-0.3, -0.25) is 14.4 Å². The number of halogens is 3. The van der Waals surface area contributed by atoms with Crippen LogP contribution in [-0.4, -0.2) is 68.7 Å². The van der Waals surface area contributed by atoms with Crippen LogP contribution in [0.3, 0.4) is 0 Å². The van der Waals surface area contributed by atoms with Gasteiger partial charge in [0.25, 0.3) is 5.91 Å². The molecule has 3 heterocycles. The van der Waals surface area contributed by atoms with Crippen LogP contribution in [0.25, 0.3) is 11.0 Å². The van der Waals surface area contributed by atoms with Crippen LogP contribution in [0.4, 0.5) is 18.9 Å². The van der Waals surface area contributed by atoms with Crippen LogP contribution in [0.2, 0.25) is 0 Å². The van der Waals surface area contributed by atoms with Gasteiger partial charge in [0.2, 0.25) is 5.88 Å². The smallest absolute Gasteiger partial charge is 0.416 e. The van der Waals surface area contributed by atoms with E-state index in [1.165, 1.54) is 18.5 Å². The summed E-state index contributed by atoms with van der Waals surface area (Å²) >= 11 is 0. The van der Waals surface area contributed by atoms with Gasteiger partial charge in [0, 0.05) is 57.1 Å². The normalized spacial score (nSPS) is 15.0. The molecule has 9 nitrogen and oxygen atoms in total. The van der Waals surface area contributed by atoms with Crippen LogP contribution in [0.15, 0.2) is 48.9 Å². The van der Waals surface area contributed by atoms with Gasteiger partial charge in [0.05, 0.1) is 11.8 Å². The molecule has 0 bridgehead atoms. The van der Waals surface area contributed by atoms with Gasteiger partial charge < -0.3 is 15.0 Å². The average molecular weight is 540 g/mol. The number of amides is 1. The van der Waals surface area contributed by atoms with Gasteiger partial charge in [-0.1, -0.05) is 12.1 Å². The van der Waals surface area contributed by atoms with E-state index in [2.05, 4.69) is 25.3 Å². The van der Waals surface area contributed by atoms with Gasteiger partial charge >= 0.3 is 6.18 Å². The minimum Gasteiger partial charge on any atom is -0.438 e. The number of fused-ring (bicyclic) bond motifs is 1. The van der Waals surface area contributed by atoms with E-state index in [4.69, 9.17) is 4.74 Å². The zero-order chi connectivity index (χ0) is 27.7. The van der Waals surface area contributed by atoms with Crippen molar-refractivity contribution in [2.75, 3.05) is 38.5 Å². The lowest BCUT2D eigenvalue weighted by Gasteiger charge is -2.33. The number of carbonyl (C=O) groups excluding carboxylic acids is 1. The van der Waals surface area contributed by atoms with Crippen molar-refractivity contribution >= 4 is 22.6 Å². The number of hydrogen-bond donors (Lipinski definition) is 1. The Kier molecular flexibility index (Phi) is 7.23. The molecule has 1 aliphatic heterocycles. The fourth-order valence-electron chi connectivity index (χ4n) is 4.48. The third kappa shape index (κ3) is 5.86. The predicted octanol–water partition coefficient (Wildman–Crippen LogP) is 4.48. The summed E-state index contributed by atoms with van der Waals surface area (Å²) in [6, 6.07) is 8.75. The van der Waals surface area contributed by atoms with Gasteiger partial charge in [0.1, 0.15) is 17.5 Å². The molecule has 1 saturated heterocycles. The summed E-state index contributed by atoms with van der Waals surface area (Å²) < 4.78 is 49.5. The van der Waals surface area contributed by atoms with Gasteiger partial charge in [0.15, 0.2) is 5.65 Å². The van der Waals surface area contributed by atoms with Crippen molar-refractivity contribution in [1.82, 2.24) is 29.5 Å². The number of anilines is 1. The minimum absolute atomic E-state index is 0.0830. The summed E-state index contributed by atoms with van der Waals surface area (Å²) in [5.41, 5.74) is 1.01. The van der Waals surface area contributed by atoms with Crippen LogP contribution in [-0.2, 0) is 19.8 Å². The van der Waals surface area contributed by atoms with E-state index < -0.39 is 17.6 Å². The Balaban J connectivity index is 1.35. The lowest BCUT2D eigenvalue weighted by molar-refractivity contribution is -0.138. The maximum absolute atomic E-state index is 14.0. The highest BCUT2D eigenvalue weighted by molar-refractivity contribution is 6.04. The quantitative estimate of drug-likeness (QED) is 0.387. The molecule has 2 aromatic heterocycles. The van der Waals surface area contributed by atoms with Crippen molar-refractivity contribution in [3.63, 3.8) is 0 Å². The highest BCUT2D eigenvalue weighted by atomic mass is 19.4. The Labute approximate surface area is 223 Å². The van der Waals surface area contributed by atoms with Gasteiger partial charge in [-0.2, -0.15) is 18.3 Å². The fraction of sp³-hybridized carbons (Fsp3) is 0.333. The van der Waals surface area contributed by atoms with Gasteiger partial charge in [-0.15, -0.1) is 0 Å². The Morgan fingerprint density at radius 1 is 1.05 bits per heavy atom. The summed E-state index contributed by atoms with van der Waals surface area (Å²) in [6.45, 7) is 4.99. The van der Waals surface area contributed by atoms with Crippen LogP contribution in [0, 0.1) is 6.92 Å². The molecule has 4 aromatic rings. The maximum atomic E-state index is 14.0. The number of alkyl halides is 3. The molecule has 1 amide bonds. The van der Waals surface area contributed by atoms with Gasteiger partial charge in [-0.25, -0.2) is 9.97 Å². The van der Waals surface area contributed by atoms with Crippen LogP contribution < -0.4 is 10.1 Å². The molecule has 1 fully saturated rings. The Hall–Kier alpha value is -4.03. The molecule has 1 aliphatic rings. The van der Waals surface area contributed by atoms with Crippen LogP contribution >= 0.6 is 0 Å². The van der Waals surface area contributed by atoms with Gasteiger partial charge in [-0.05, 0) is 43.3 Å². The number of rotatable bonds is 6. The summed E-state index contributed by atoms with van der Waals surface area (Å²) in [4.78, 5) is 25.5. The van der Waals surface area contributed by atoms with Crippen LogP contribution in [0.5, 0.6) is 11.6 Å². The number of hydrogen-bond acceptors (Lipinski definition) is 7. The second-order valence-corrected chi connectivity index (χ2v) is 9.67. The Bertz CT molecular complexity index is 1510. The second kappa shape index (κ2) is 10.6. The molecule has 2 aromatic carbocycles. The molecule has 204 valence electrons. The zero-order valence-corrected chi connectivity index (χ0v) is 21.8. The molecule has 39 heavy (non-hydrogen) atoms. The molecule has 5 rings (SSSR count).